The molecular weight excluding hydrogens is 282 g/mol. The first-order chi connectivity index (χ1) is 9.44. The fourth-order valence-corrected chi connectivity index (χ4v) is 4.08. The number of carbonyl (C=O) groups excluding carboxylic acids is 1. The molecule has 0 saturated carbocycles. The monoisotopic (exact) mass is 290 g/mol. The van der Waals surface area contributed by atoms with Crippen LogP contribution in [0.2, 0.25) is 0 Å². The van der Waals surface area contributed by atoms with Crippen LogP contribution in [0.1, 0.15) is 15.9 Å². The number of benzene rings is 2. The van der Waals surface area contributed by atoms with Gasteiger partial charge in [-0.15, -0.1) is 0 Å². The van der Waals surface area contributed by atoms with Crippen LogP contribution in [0.3, 0.4) is 0 Å². The molecule has 0 aliphatic carbocycles. The second-order valence-electron chi connectivity index (χ2n) is 4.26. The molecular formula is C13H8NO5S-. The Morgan fingerprint density at radius 1 is 1.00 bits per heavy atom. The van der Waals surface area contributed by atoms with Crippen LogP contribution in [-0.4, -0.2) is 19.4 Å². The molecule has 0 radical (unpaired) electrons. The summed E-state index contributed by atoms with van der Waals surface area (Å²) in [5, 5.41) is 19.6. The van der Waals surface area contributed by atoms with Crippen molar-refractivity contribution in [3.8, 4) is 0 Å². The molecule has 0 spiro atoms. The van der Waals surface area contributed by atoms with E-state index in [0.717, 1.165) is 6.07 Å². The quantitative estimate of drug-likeness (QED) is 0.686. The lowest BCUT2D eigenvalue weighted by Crippen LogP contribution is -2.23. The second-order valence-corrected chi connectivity index (χ2v) is 6.11. The molecule has 6 nitrogen and oxygen atoms in total. The molecule has 102 valence electrons. The van der Waals surface area contributed by atoms with E-state index in [4.69, 9.17) is 5.21 Å². The van der Waals surface area contributed by atoms with Crippen LogP contribution in [0, 0.1) is 5.21 Å². The summed E-state index contributed by atoms with van der Waals surface area (Å²) in [5.41, 5.74) is -0.519. The third-order valence-corrected chi connectivity index (χ3v) is 5.04. The van der Waals surface area contributed by atoms with Gasteiger partial charge in [0.15, 0.2) is 5.78 Å². The standard InChI is InChI=1S/C13H8NO5S/c15-12-8-4-1-2-7-11(8)20(18,19)13-9(12)5-3-6-10(13)14(16)17/h1-7,16H/q-1. The summed E-state index contributed by atoms with van der Waals surface area (Å²) in [6.45, 7) is 0. The van der Waals surface area contributed by atoms with Crippen molar-refractivity contribution in [2.45, 2.75) is 9.79 Å². The Morgan fingerprint density at radius 2 is 1.65 bits per heavy atom. The van der Waals surface area contributed by atoms with E-state index in [9.17, 15) is 18.4 Å². The molecule has 0 saturated heterocycles. The van der Waals surface area contributed by atoms with Crippen LogP contribution < -0.4 is 5.23 Å². The number of fused-ring (bicyclic) bond motifs is 2. The van der Waals surface area contributed by atoms with Gasteiger partial charge in [0.05, 0.1) is 10.6 Å². The number of carbonyl (C=O) groups is 1. The van der Waals surface area contributed by atoms with Gasteiger partial charge in [-0.2, -0.15) is 0 Å². The van der Waals surface area contributed by atoms with E-state index < -0.39 is 31.4 Å². The highest BCUT2D eigenvalue weighted by molar-refractivity contribution is 7.92. The van der Waals surface area contributed by atoms with E-state index in [0.29, 0.717) is 0 Å². The van der Waals surface area contributed by atoms with E-state index in [1.54, 1.807) is 6.07 Å². The summed E-state index contributed by atoms with van der Waals surface area (Å²) in [5.74, 6) is -0.492. The highest BCUT2D eigenvalue weighted by Crippen LogP contribution is 2.39. The van der Waals surface area contributed by atoms with Gasteiger partial charge in [0.2, 0.25) is 9.84 Å². The molecule has 2 aromatic rings. The van der Waals surface area contributed by atoms with E-state index in [-0.39, 0.29) is 16.0 Å². The Morgan fingerprint density at radius 3 is 2.35 bits per heavy atom. The minimum absolute atomic E-state index is 0.0625. The highest BCUT2D eigenvalue weighted by Gasteiger charge is 2.36. The Balaban J connectivity index is 2.45. The number of rotatable bonds is 1. The molecule has 0 amide bonds. The first-order valence-corrected chi connectivity index (χ1v) is 7.11. The van der Waals surface area contributed by atoms with Crippen LogP contribution in [-0.2, 0) is 9.84 Å². The van der Waals surface area contributed by atoms with Crippen molar-refractivity contribution in [3.05, 3.63) is 58.8 Å². The number of hydrogen-bond donors (Lipinski definition) is 1. The lowest BCUT2D eigenvalue weighted by atomic mass is 10.0. The Hall–Kier alpha value is -2.22. The molecule has 1 aliphatic rings. The van der Waals surface area contributed by atoms with Crippen LogP contribution in [0.25, 0.3) is 0 Å². The summed E-state index contributed by atoms with van der Waals surface area (Å²) < 4.78 is 25.1. The lowest BCUT2D eigenvalue weighted by molar-refractivity contribution is 0.103. The van der Waals surface area contributed by atoms with Gasteiger partial charge >= 0.3 is 0 Å². The van der Waals surface area contributed by atoms with Crippen molar-refractivity contribution >= 4 is 21.3 Å². The topological polar surface area (TPSA) is 97.7 Å². The molecule has 1 aliphatic heterocycles. The summed E-state index contributed by atoms with van der Waals surface area (Å²) in [6, 6.07) is 9.57. The van der Waals surface area contributed by atoms with Crippen molar-refractivity contribution < 1.29 is 18.4 Å². The molecule has 0 bridgehead atoms. The van der Waals surface area contributed by atoms with E-state index >= 15 is 0 Å². The van der Waals surface area contributed by atoms with Crippen molar-refractivity contribution in [2.24, 2.45) is 0 Å². The number of hydrogen-bond acceptors (Lipinski definition) is 6. The van der Waals surface area contributed by atoms with E-state index in [2.05, 4.69) is 0 Å². The van der Waals surface area contributed by atoms with E-state index in [1.165, 1.54) is 30.3 Å². The Labute approximate surface area is 114 Å². The van der Waals surface area contributed by atoms with Gasteiger partial charge in [0.25, 0.3) is 0 Å². The van der Waals surface area contributed by atoms with Gasteiger partial charge in [-0.05, 0) is 24.3 Å². The molecule has 0 unspecified atom stereocenters. The second kappa shape index (κ2) is 4.14. The maximum Gasteiger partial charge on any atom is 0.210 e. The predicted molar refractivity (Wildman–Crippen MR) is 69.4 cm³/mol. The van der Waals surface area contributed by atoms with E-state index in [1.807, 2.05) is 0 Å². The zero-order valence-electron chi connectivity index (χ0n) is 9.98. The summed E-state index contributed by atoms with van der Waals surface area (Å²) in [6.07, 6.45) is 0. The van der Waals surface area contributed by atoms with Crippen molar-refractivity contribution in [1.82, 2.24) is 0 Å². The van der Waals surface area contributed by atoms with Gasteiger partial charge in [0.1, 0.15) is 4.90 Å². The highest BCUT2D eigenvalue weighted by atomic mass is 32.2. The number of ketones is 1. The zero-order chi connectivity index (χ0) is 14.5. The molecule has 0 fully saturated rings. The fraction of sp³-hybridized carbons (Fsp3) is 0. The normalized spacial score (nSPS) is 15.4. The number of sulfone groups is 1. The summed E-state index contributed by atoms with van der Waals surface area (Å²) in [7, 11) is -4.03. The average Bonchev–Trinajstić information content (AvgIpc) is 2.44. The number of anilines is 1. The third-order valence-electron chi connectivity index (χ3n) is 3.13. The molecule has 3 rings (SSSR count). The Kier molecular flexibility index (Phi) is 2.65. The van der Waals surface area contributed by atoms with Crippen LogP contribution in [0.15, 0.2) is 52.3 Å². The molecule has 0 aromatic heterocycles. The molecule has 7 heteroatoms. The van der Waals surface area contributed by atoms with Gasteiger partial charge in [-0.3, -0.25) is 10.0 Å². The molecule has 1 heterocycles. The Bertz CT molecular complexity index is 826. The fourth-order valence-electron chi connectivity index (χ4n) is 2.28. The third kappa shape index (κ3) is 1.58. The van der Waals surface area contributed by atoms with Crippen LogP contribution in [0.5, 0.6) is 0 Å². The SMILES string of the molecule is O=C1c2ccccc2S(=O)(=O)c2c1cccc2N([O-])O. The first kappa shape index (κ1) is 12.8. The van der Waals surface area contributed by atoms with Gasteiger partial charge < -0.3 is 10.4 Å². The maximum atomic E-state index is 12.5. The molecule has 2 aromatic carbocycles. The van der Waals surface area contributed by atoms with Crippen molar-refractivity contribution in [2.75, 3.05) is 5.23 Å². The average molecular weight is 290 g/mol. The van der Waals surface area contributed by atoms with Gasteiger partial charge in [-0.25, -0.2) is 8.42 Å². The minimum atomic E-state index is -4.03. The van der Waals surface area contributed by atoms with Gasteiger partial charge in [0, 0.05) is 11.1 Å². The predicted octanol–water partition coefficient (Wildman–Crippen LogP) is 1.76. The van der Waals surface area contributed by atoms with Crippen LogP contribution >= 0.6 is 0 Å². The van der Waals surface area contributed by atoms with Crippen LogP contribution in [0.4, 0.5) is 5.69 Å². The molecule has 0 atom stereocenters. The zero-order valence-corrected chi connectivity index (χ0v) is 10.8. The maximum absolute atomic E-state index is 12.5. The molecule has 20 heavy (non-hydrogen) atoms. The number of nitrogens with zero attached hydrogens (tertiary/aromatic N) is 1. The summed E-state index contributed by atoms with van der Waals surface area (Å²) in [4.78, 5) is 11.7. The largest absolute Gasteiger partial charge is 0.733 e. The van der Waals surface area contributed by atoms with Crippen molar-refractivity contribution in [3.63, 3.8) is 0 Å². The molecule has 1 N–H and O–H groups in total. The lowest BCUT2D eigenvalue weighted by Gasteiger charge is -2.28. The van der Waals surface area contributed by atoms with Gasteiger partial charge in [-0.1, -0.05) is 18.2 Å². The minimum Gasteiger partial charge on any atom is -0.733 e. The van der Waals surface area contributed by atoms with Crippen molar-refractivity contribution in [1.29, 1.82) is 0 Å². The smallest absolute Gasteiger partial charge is 0.210 e. The first-order valence-electron chi connectivity index (χ1n) is 5.62. The summed E-state index contributed by atoms with van der Waals surface area (Å²) >= 11 is 0.